The van der Waals surface area contributed by atoms with Crippen LogP contribution in [0.15, 0.2) is 12.1 Å². The summed E-state index contributed by atoms with van der Waals surface area (Å²) in [5, 5.41) is 11.1. The summed E-state index contributed by atoms with van der Waals surface area (Å²) >= 11 is 0. The second-order valence-electron chi connectivity index (χ2n) is 4.82. The van der Waals surface area contributed by atoms with E-state index in [1.807, 2.05) is 6.07 Å². The molecule has 0 aromatic carbocycles. The van der Waals surface area contributed by atoms with Gasteiger partial charge in [0.2, 0.25) is 5.91 Å². The highest BCUT2D eigenvalue weighted by Crippen LogP contribution is 2.17. The van der Waals surface area contributed by atoms with Gasteiger partial charge in [0, 0.05) is 32.2 Å². The Morgan fingerprint density at radius 2 is 2.00 bits per heavy atom. The largest absolute Gasteiger partial charge is 0.381 e. The van der Waals surface area contributed by atoms with Crippen molar-refractivity contribution in [3.8, 4) is 0 Å². The zero-order valence-electron chi connectivity index (χ0n) is 12.1. The average Bonchev–Trinajstić information content (AvgIpc) is 2.51. The monoisotopic (exact) mass is 278 g/mol. The number of hydrogen-bond acceptors (Lipinski definition) is 5. The van der Waals surface area contributed by atoms with Crippen LogP contribution in [0.5, 0.6) is 0 Å². The highest BCUT2D eigenvalue weighted by molar-refractivity contribution is 5.91. The molecule has 1 aliphatic heterocycles. The minimum Gasteiger partial charge on any atom is -0.381 e. The molecular formula is C14H22N4O2. The maximum absolute atomic E-state index is 12.1. The number of carbonyl (C=O) groups is 1. The van der Waals surface area contributed by atoms with Gasteiger partial charge in [0.05, 0.1) is 0 Å². The first-order chi connectivity index (χ1) is 9.74. The van der Waals surface area contributed by atoms with E-state index in [0.717, 1.165) is 31.7 Å². The van der Waals surface area contributed by atoms with E-state index in [9.17, 15) is 4.79 Å². The van der Waals surface area contributed by atoms with Crippen LogP contribution in [0.1, 0.15) is 26.7 Å². The fourth-order valence-electron chi connectivity index (χ4n) is 2.30. The third-order valence-corrected chi connectivity index (χ3v) is 3.58. The number of nitrogens with one attached hydrogen (secondary N) is 1. The van der Waals surface area contributed by atoms with Crippen LogP contribution in [0.2, 0.25) is 0 Å². The lowest BCUT2D eigenvalue weighted by Crippen LogP contribution is -2.29. The van der Waals surface area contributed by atoms with Crippen molar-refractivity contribution in [2.24, 2.45) is 5.92 Å². The summed E-state index contributed by atoms with van der Waals surface area (Å²) < 4.78 is 5.25. The SMILES string of the molecule is CCN(CC)c1ccc(NC(=O)C2CCOCC2)nn1. The number of hydrogen-bond donors (Lipinski definition) is 1. The van der Waals surface area contributed by atoms with E-state index >= 15 is 0 Å². The van der Waals surface area contributed by atoms with Crippen molar-refractivity contribution in [2.75, 3.05) is 36.5 Å². The molecular weight excluding hydrogens is 256 g/mol. The lowest BCUT2D eigenvalue weighted by molar-refractivity contribution is -0.122. The summed E-state index contributed by atoms with van der Waals surface area (Å²) in [6, 6.07) is 3.69. The van der Waals surface area contributed by atoms with Gasteiger partial charge >= 0.3 is 0 Å². The van der Waals surface area contributed by atoms with Crippen LogP contribution < -0.4 is 10.2 Å². The van der Waals surface area contributed by atoms with E-state index in [4.69, 9.17) is 4.74 Å². The topological polar surface area (TPSA) is 67.4 Å². The number of aromatic nitrogens is 2. The minimum atomic E-state index is 0.0122. The third kappa shape index (κ3) is 3.66. The van der Waals surface area contributed by atoms with Crippen LogP contribution in [-0.2, 0) is 9.53 Å². The Kier molecular flexibility index (Phi) is 5.29. The molecule has 1 fully saturated rings. The predicted molar refractivity (Wildman–Crippen MR) is 77.8 cm³/mol. The molecule has 1 amide bonds. The molecule has 2 rings (SSSR count). The molecule has 6 nitrogen and oxygen atoms in total. The van der Waals surface area contributed by atoms with E-state index in [1.54, 1.807) is 6.07 Å². The van der Waals surface area contributed by atoms with E-state index in [-0.39, 0.29) is 11.8 Å². The van der Waals surface area contributed by atoms with Crippen molar-refractivity contribution >= 4 is 17.5 Å². The van der Waals surface area contributed by atoms with E-state index in [0.29, 0.717) is 19.0 Å². The number of anilines is 2. The Morgan fingerprint density at radius 1 is 1.30 bits per heavy atom. The summed E-state index contributed by atoms with van der Waals surface area (Å²) in [6.45, 7) is 7.24. The fourth-order valence-corrected chi connectivity index (χ4v) is 2.30. The molecule has 1 saturated heterocycles. The second kappa shape index (κ2) is 7.19. The van der Waals surface area contributed by atoms with Crippen molar-refractivity contribution in [3.05, 3.63) is 12.1 Å². The summed E-state index contributed by atoms with van der Waals surface area (Å²) in [7, 11) is 0. The Hall–Kier alpha value is -1.69. The van der Waals surface area contributed by atoms with Gasteiger partial charge in [-0.15, -0.1) is 10.2 Å². The molecule has 0 bridgehead atoms. The normalized spacial score (nSPS) is 15.9. The fraction of sp³-hybridized carbons (Fsp3) is 0.643. The number of rotatable bonds is 5. The molecule has 0 saturated carbocycles. The van der Waals surface area contributed by atoms with Crippen LogP contribution >= 0.6 is 0 Å². The quantitative estimate of drug-likeness (QED) is 0.887. The average molecular weight is 278 g/mol. The Morgan fingerprint density at radius 3 is 2.55 bits per heavy atom. The van der Waals surface area contributed by atoms with Crippen molar-refractivity contribution in [1.82, 2.24) is 10.2 Å². The molecule has 2 heterocycles. The van der Waals surface area contributed by atoms with Crippen LogP contribution in [0, 0.1) is 5.92 Å². The van der Waals surface area contributed by atoms with Gasteiger partial charge in [-0.3, -0.25) is 4.79 Å². The molecule has 0 unspecified atom stereocenters. The third-order valence-electron chi connectivity index (χ3n) is 3.58. The molecule has 1 N–H and O–H groups in total. The van der Waals surface area contributed by atoms with Gasteiger partial charge in [-0.25, -0.2) is 0 Å². The van der Waals surface area contributed by atoms with Gasteiger partial charge < -0.3 is 15.0 Å². The van der Waals surface area contributed by atoms with Crippen molar-refractivity contribution in [2.45, 2.75) is 26.7 Å². The van der Waals surface area contributed by atoms with Gasteiger partial charge in [0.15, 0.2) is 11.6 Å². The van der Waals surface area contributed by atoms with Gasteiger partial charge in [-0.05, 0) is 38.8 Å². The van der Waals surface area contributed by atoms with Gasteiger partial charge in [0.25, 0.3) is 0 Å². The highest BCUT2D eigenvalue weighted by Gasteiger charge is 2.21. The lowest BCUT2D eigenvalue weighted by Gasteiger charge is -2.21. The molecule has 1 aromatic heterocycles. The molecule has 110 valence electrons. The molecule has 1 aromatic rings. The molecule has 0 aliphatic carbocycles. The second-order valence-corrected chi connectivity index (χ2v) is 4.82. The molecule has 0 radical (unpaired) electrons. The Balaban J connectivity index is 1.94. The maximum Gasteiger partial charge on any atom is 0.228 e. The molecule has 1 aliphatic rings. The standard InChI is InChI=1S/C14H22N4O2/c1-3-18(4-2)13-6-5-12(16-17-13)15-14(19)11-7-9-20-10-8-11/h5-6,11H,3-4,7-10H2,1-2H3,(H,15,16,19). The first-order valence-electron chi connectivity index (χ1n) is 7.21. The van der Waals surface area contributed by atoms with Crippen molar-refractivity contribution < 1.29 is 9.53 Å². The molecule has 0 atom stereocenters. The summed E-state index contributed by atoms with van der Waals surface area (Å²) in [4.78, 5) is 14.2. The minimum absolute atomic E-state index is 0.0122. The van der Waals surface area contributed by atoms with Gasteiger partial charge in [-0.2, -0.15) is 0 Å². The number of amides is 1. The molecule has 20 heavy (non-hydrogen) atoms. The number of ether oxygens (including phenoxy) is 1. The first kappa shape index (κ1) is 14.7. The van der Waals surface area contributed by atoms with Crippen LogP contribution in [-0.4, -0.2) is 42.4 Å². The van der Waals surface area contributed by atoms with Crippen LogP contribution in [0.4, 0.5) is 11.6 Å². The van der Waals surface area contributed by atoms with Gasteiger partial charge in [-0.1, -0.05) is 0 Å². The van der Waals surface area contributed by atoms with Crippen LogP contribution in [0.25, 0.3) is 0 Å². The predicted octanol–water partition coefficient (Wildman–Crippen LogP) is 1.69. The number of nitrogens with zero attached hydrogens (tertiary/aromatic N) is 3. The summed E-state index contributed by atoms with van der Waals surface area (Å²) in [5.74, 6) is 1.38. The van der Waals surface area contributed by atoms with E-state index in [1.165, 1.54) is 0 Å². The smallest absolute Gasteiger partial charge is 0.228 e. The van der Waals surface area contributed by atoms with Crippen molar-refractivity contribution in [1.29, 1.82) is 0 Å². The highest BCUT2D eigenvalue weighted by atomic mass is 16.5. The van der Waals surface area contributed by atoms with Crippen LogP contribution in [0.3, 0.4) is 0 Å². The van der Waals surface area contributed by atoms with E-state index < -0.39 is 0 Å². The lowest BCUT2D eigenvalue weighted by atomic mass is 9.99. The van der Waals surface area contributed by atoms with Crippen molar-refractivity contribution in [3.63, 3.8) is 0 Å². The zero-order valence-corrected chi connectivity index (χ0v) is 12.1. The molecule has 6 heteroatoms. The maximum atomic E-state index is 12.1. The Labute approximate surface area is 119 Å². The Bertz CT molecular complexity index is 425. The molecule has 0 spiro atoms. The van der Waals surface area contributed by atoms with Gasteiger partial charge in [0.1, 0.15) is 0 Å². The van der Waals surface area contributed by atoms with E-state index in [2.05, 4.69) is 34.3 Å². The zero-order chi connectivity index (χ0) is 14.4. The first-order valence-corrected chi connectivity index (χ1v) is 7.21. The summed E-state index contributed by atoms with van der Waals surface area (Å²) in [5.41, 5.74) is 0. The number of carbonyl (C=O) groups excluding carboxylic acids is 1. The summed E-state index contributed by atoms with van der Waals surface area (Å²) in [6.07, 6.45) is 1.55.